The highest BCUT2D eigenvalue weighted by molar-refractivity contribution is 5.89. The molecule has 0 spiro atoms. The monoisotopic (exact) mass is 246 g/mol. The van der Waals surface area contributed by atoms with Gasteiger partial charge in [-0.3, -0.25) is 9.59 Å². The lowest BCUT2D eigenvalue weighted by Crippen LogP contribution is -2.24. The Bertz CT molecular complexity index is 450. The third-order valence-corrected chi connectivity index (χ3v) is 3.30. The first-order valence-corrected chi connectivity index (χ1v) is 6.20. The summed E-state index contributed by atoms with van der Waals surface area (Å²) in [5.74, 6) is -0.875. The van der Waals surface area contributed by atoms with Crippen molar-refractivity contribution in [3.63, 3.8) is 0 Å². The highest BCUT2D eigenvalue weighted by atomic mass is 16.6. The van der Waals surface area contributed by atoms with Crippen LogP contribution in [0.1, 0.15) is 50.7 Å². The second-order valence-electron chi connectivity index (χ2n) is 5.82. The van der Waals surface area contributed by atoms with Gasteiger partial charge in [0.2, 0.25) is 0 Å². The van der Waals surface area contributed by atoms with Gasteiger partial charge in [0.1, 0.15) is 0 Å². The third-order valence-electron chi connectivity index (χ3n) is 3.30. The number of cyclic esters (lactones) is 2. The quantitative estimate of drug-likeness (QED) is 0.565. The second-order valence-corrected chi connectivity index (χ2v) is 5.82. The van der Waals surface area contributed by atoms with Gasteiger partial charge in [0, 0.05) is 5.92 Å². The van der Waals surface area contributed by atoms with E-state index < -0.39 is 11.9 Å². The van der Waals surface area contributed by atoms with Crippen LogP contribution >= 0.6 is 0 Å². The maximum absolute atomic E-state index is 11.2. The van der Waals surface area contributed by atoms with Crippen LogP contribution in [0.25, 0.3) is 0 Å². The number of esters is 2. The Morgan fingerprint density at radius 3 is 1.94 bits per heavy atom. The summed E-state index contributed by atoms with van der Waals surface area (Å²) in [6.07, 6.45) is 0.585. The van der Waals surface area contributed by atoms with Gasteiger partial charge in [-0.25, -0.2) is 0 Å². The Morgan fingerprint density at radius 2 is 1.50 bits per heavy atom. The molecule has 0 amide bonds. The number of hydrogen-bond acceptors (Lipinski definition) is 3. The summed E-state index contributed by atoms with van der Waals surface area (Å²) in [5.41, 5.74) is 2.39. The van der Waals surface area contributed by atoms with E-state index in [2.05, 4.69) is 37.6 Å². The maximum Gasteiger partial charge on any atom is 0.314 e. The molecule has 1 aromatic rings. The largest absolute Gasteiger partial charge is 0.393 e. The van der Waals surface area contributed by atoms with E-state index in [9.17, 15) is 9.59 Å². The van der Waals surface area contributed by atoms with Crippen molar-refractivity contribution in [1.82, 2.24) is 0 Å². The highest BCUT2D eigenvalue weighted by Gasteiger charge is 2.28. The van der Waals surface area contributed by atoms with E-state index in [-0.39, 0.29) is 11.3 Å². The number of carbonyl (C=O) groups is 2. The number of carbonyl (C=O) groups excluding carboxylic acids is 2. The molecule has 96 valence electrons. The molecule has 2 rings (SSSR count). The molecule has 3 nitrogen and oxygen atoms in total. The lowest BCUT2D eigenvalue weighted by Gasteiger charge is -2.22. The van der Waals surface area contributed by atoms with E-state index in [1.165, 1.54) is 5.56 Å². The van der Waals surface area contributed by atoms with Gasteiger partial charge in [-0.05, 0) is 16.5 Å². The summed E-state index contributed by atoms with van der Waals surface area (Å²) < 4.78 is 4.54. The minimum Gasteiger partial charge on any atom is -0.393 e. The summed E-state index contributed by atoms with van der Waals surface area (Å²) in [5, 5.41) is 0. The van der Waals surface area contributed by atoms with Crippen LogP contribution < -0.4 is 0 Å². The van der Waals surface area contributed by atoms with E-state index in [1.54, 1.807) is 0 Å². The predicted molar refractivity (Wildman–Crippen MR) is 68.2 cm³/mol. The van der Waals surface area contributed by atoms with Crippen molar-refractivity contribution >= 4 is 11.9 Å². The zero-order chi connectivity index (χ0) is 13.3. The van der Waals surface area contributed by atoms with Gasteiger partial charge < -0.3 is 4.74 Å². The van der Waals surface area contributed by atoms with Crippen LogP contribution in [0.4, 0.5) is 0 Å². The van der Waals surface area contributed by atoms with E-state index in [0.717, 1.165) is 5.56 Å². The molecule has 1 saturated heterocycles. The molecule has 1 fully saturated rings. The van der Waals surface area contributed by atoms with Gasteiger partial charge >= 0.3 is 11.9 Å². The number of rotatable bonds is 1. The standard InChI is InChI=1S/C15H18O3/c1-15(2,3)12-6-4-10(5-7-12)11-8-13(16)18-14(17)9-11/h4-7,11H,8-9H2,1-3H3. The van der Waals surface area contributed by atoms with Crippen molar-refractivity contribution in [3.8, 4) is 0 Å². The van der Waals surface area contributed by atoms with Crippen molar-refractivity contribution in [2.45, 2.75) is 44.9 Å². The molecule has 0 N–H and O–H groups in total. The number of benzene rings is 1. The lowest BCUT2D eigenvalue weighted by molar-refractivity contribution is -0.163. The molecule has 0 radical (unpaired) electrons. The lowest BCUT2D eigenvalue weighted by atomic mass is 9.84. The van der Waals surface area contributed by atoms with Crippen LogP contribution in [-0.4, -0.2) is 11.9 Å². The number of ether oxygens (including phenoxy) is 1. The summed E-state index contributed by atoms with van der Waals surface area (Å²) >= 11 is 0. The fourth-order valence-corrected chi connectivity index (χ4v) is 2.18. The molecule has 0 saturated carbocycles. The molecule has 18 heavy (non-hydrogen) atoms. The van der Waals surface area contributed by atoms with Gasteiger partial charge in [0.15, 0.2) is 0 Å². The summed E-state index contributed by atoms with van der Waals surface area (Å²) in [6.45, 7) is 6.47. The van der Waals surface area contributed by atoms with Crippen molar-refractivity contribution < 1.29 is 14.3 Å². The van der Waals surface area contributed by atoms with Gasteiger partial charge in [-0.1, -0.05) is 45.0 Å². The van der Waals surface area contributed by atoms with Gasteiger partial charge in [0.25, 0.3) is 0 Å². The van der Waals surface area contributed by atoms with Gasteiger partial charge in [-0.15, -0.1) is 0 Å². The Labute approximate surface area is 107 Å². The fourth-order valence-electron chi connectivity index (χ4n) is 2.18. The molecule has 1 aliphatic heterocycles. The Morgan fingerprint density at radius 1 is 1.00 bits per heavy atom. The molecular weight excluding hydrogens is 228 g/mol. The van der Waals surface area contributed by atoms with E-state index >= 15 is 0 Å². The molecule has 0 atom stereocenters. The molecule has 1 aromatic carbocycles. The minimum atomic E-state index is -0.420. The molecule has 1 heterocycles. The molecule has 0 bridgehead atoms. The average molecular weight is 246 g/mol. The molecule has 1 aliphatic rings. The average Bonchev–Trinajstić information content (AvgIpc) is 2.27. The zero-order valence-corrected chi connectivity index (χ0v) is 11.0. The molecule has 0 unspecified atom stereocenters. The smallest absolute Gasteiger partial charge is 0.314 e. The van der Waals surface area contributed by atoms with Crippen molar-refractivity contribution in [2.24, 2.45) is 0 Å². The second kappa shape index (κ2) is 4.56. The Kier molecular flexibility index (Phi) is 3.24. The summed E-state index contributed by atoms with van der Waals surface area (Å²) in [7, 11) is 0. The molecule has 3 heteroatoms. The van der Waals surface area contributed by atoms with Gasteiger partial charge in [-0.2, -0.15) is 0 Å². The van der Waals surface area contributed by atoms with Crippen LogP contribution in [-0.2, 0) is 19.7 Å². The summed E-state index contributed by atoms with van der Waals surface area (Å²) in [6, 6.07) is 8.16. The minimum absolute atomic E-state index is 0.0345. The Hall–Kier alpha value is -1.64. The topological polar surface area (TPSA) is 43.4 Å². The summed E-state index contributed by atoms with van der Waals surface area (Å²) in [4.78, 5) is 22.5. The van der Waals surface area contributed by atoms with E-state index in [1.807, 2.05) is 12.1 Å². The Balaban J connectivity index is 2.19. The van der Waals surface area contributed by atoms with Crippen LogP contribution in [0.2, 0.25) is 0 Å². The van der Waals surface area contributed by atoms with Crippen LogP contribution in [0.3, 0.4) is 0 Å². The van der Waals surface area contributed by atoms with Crippen molar-refractivity contribution in [1.29, 1.82) is 0 Å². The number of hydrogen-bond donors (Lipinski definition) is 0. The third kappa shape index (κ3) is 2.78. The normalized spacial score (nSPS) is 17.7. The first kappa shape index (κ1) is 12.8. The van der Waals surface area contributed by atoms with Crippen LogP contribution in [0, 0.1) is 0 Å². The zero-order valence-electron chi connectivity index (χ0n) is 11.0. The molecule has 0 aliphatic carbocycles. The van der Waals surface area contributed by atoms with Crippen molar-refractivity contribution in [3.05, 3.63) is 35.4 Å². The SMILES string of the molecule is CC(C)(C)c1ccc(C2CC(=O)OC(=O)C2)cc1. The predicted octanol–water partition coefficient (Wildman–Crippen LogP) is 2.93. The van der Waals surface area contributed by atoms with Crippen molar-refractivity contribution in [2.75, 3.05) is 0 Å². The van der Waals surface area contributed by atoms with E-state index in [4.69, 9.17) is 0 Å². The van der Waals surface area contributed by atoms with Crippen LogP contribution in [0.15, 0.2) is 24.3 Å². The highest BCUT2D eigenvalue weighted by Crippen LogP contribution is 2.30. The van der Waals surface area contributed by atoms with Gasteiger partial charge in [0.05, 0.1) is 12.8 Å². The first-order valence-electron chi connectivity index (χ1n) is 6.20. The molecular formula is C15H18O3. The first-order chi connectivity index (χ1) is 8.36. The fraction of sp³-hybridized carbons (Fsp3) is 0.467. The molecule has 0 aromatic heterocycles. The van der Waals surface area contributed by atoms with Crippen LogP contribution in [0.5, 0.6) is 0 Å². The van der Waals surface area contributed by atoms with E-state index in [0.29, 0.717) is 12.8 Å². The maximum atomic E-state index is 11.2.